The van der Waals surface area contributed by atoms with Gasteiger partial charge in [-0.05, 0) is 24.5 Å². The largest absolute Gasteiger partial charge is 0.341 e. The van der Waals surface area contributed by atoms with E-state index in [1.54, 1.807) is 0 Å². The summed E-state index contributed by atoms with van der Waals surface area (Å²) in [6.45, 7) is 2.70. The molecule has 0 spiro atoms. The minimum atomic E-state index is 0.573. The Morgan fingerprint density at radius 1 is 0.952 bits per heavy atom. The van der Waals surface area contributed by atoms with Crippen LogP contribution >= 0.6 is 0 Å². The predicted molar refractivity (Wildman–Crippen MR) is 86.0 cm³/mol. The van der Waals surface area contributed by atoms with Crippen molar-refractivity contribution in [3.63, 3.8) is 0 Å². The smallest absolute Gasteiger partial charge is 0.225 e. The fourth-order valence-corrected chi connectivity index (χ4v) is 2.74. The van der Waals surface area contributed by atoms with Gasteiger partial charge in [-0.2, -0.15) is 0 Å². The van der Waals surface area contributed by atoms with Crippen molar-refractivity contribution in [2.45, 2.75) is 32.2 Å². The predicted octanol–water partition coefficient (Wildman–Crippen LogP) is 2.98. The molecule has 1 aromatic heterocycles. The molecule has 0 amide bonds. The van der Waals surface area contributed by atoms with E-state index in [0.29, 0.717) is 6.54 Å². The van der Waals surface area contributed by atoms with Gasteiger partial charge in [-0.1, -0.05) is 37.1 Å². The van der Waals surface area contributed by atoms with Crippen molar-refractivity contribution in [1.29, 1.82) is 0 Å². The van der Waals surface area contributed by atoms with Crippen molar-refractivity contribution < 1.29 is 0 Å². The standard InChI is InChI=1S/C17H22N4/c18-13-14-5-7-15(8-6-14)16-9-10-19-17(20-16)21-11-3-1-2-4-12-21/h5-10H,1-4,11-13,18H2. The van der Waals surface area contributed by atoms with Gasteiger partial charge in [-0.3, -0.25) is 0 Å². The first-order valence-corrected chi connectivity index (χ1v) is 7.74. The number of aromatic nitrogens is 2. The van der Waals surface area contributed by atoms with E-state index in [-0.39, 0.29) is 0 Å². The normalized spacial score (nSPS) is 15.8. The third-order valence-corrected chi connectivity index (χ3v) is 4.02. The van der Waals surface area contributed by atoms with Crippen molar-refractivity contribution in [1.82, 2.24) is 9.97 Å². The Morgan fingerprint density at radius 3 is 2.33 bits per heavy atom. The highest BCUT2D eigenvalue weighted by atomic mass is 15.2. The van der Waals surface area contributed by atoms with E-state index in [9.17, 15) is 0 Å². The van der Waals surface area contributed by atoms with Crippen molar-refractivity contribution >= 4 is 5.95 Å². The fourth-order valence-electron chi connectivity index (χ4n) is 2.74. The number of nitrogens with zero attached hydrogens (tertiary/aromatic N) is 3. The van der Waals surface area contributed by atoms with Gasteiger partial charge in [0.05, 0.1) is 5.69 Å². The Kier molecular flexibility index (Phi) is 4.46. The molecule has 2 N–H and O–H groups in total. The third kappa shape index (κ3) is 3.39. The lowest BCUT2D eigenvalue weighted by Gasteiger charge is -2.20. The van der Waals surface area contributed by atoms with Gasteiger partial charge in [0.15, 0.2) is 0 Å². The van der Waals surface area contributed by atoms with E-state index in [2.05, 4.69) is 34.1 Å². The van der Waals surface area contributed by atoms with Crippen LogP contribution in [0.15, 0.2) is 36.5 Å². The number of benzene rings is 1. The summed E-state index contributed by atoms with van der Waals surface area (Å²) in [5.41, 5.74) is 8.88. The van der Waals surface area contributed by atoms with Crippen LogP contribution in [0, 0.1) is 0 Å². The van der Waals surface area contributed by atoms with Gasteiger partial charge >= 0.3 is 0 Å². The molecular weight excluding hydrogens is 260 g/mol. The molecule has 1 fully saturated rings. The molecule has 2 heterocycles. The lowest BCUT2D eigenvalue weighted by molar-refractivity contribution is 0.726. The van der Waals surface area contributed by atoms with Crippen LogP contribution in [-0.2, 0) is 6.54 Å². The van der Waals surface area contributed by atoms with Crippen LogP contribution in [0.2, 0.25) is 0 Å². The molecule has 3 rings (SSSR count). The Hall–Kier alpha value is -1.94. The number of anilines is 1. The molecule has 1 aliphatic rings. The average molecular weight is 282 g/mol. The van der Waals surface area contributed by atoms with E-state index in [1.165, 1.54) is 25.7 Å². The molecule has 0 atom stereocenters. The Balaban J connectivity index is 1.84. The number of hydrogen-bond acceptors (Lipinski definition) is 4. The summed E-state index contributed by atoms with van der Waals surface area (Å²) in [5, 5.41) is 0. The van der Waals surface area contributed by atoms with Crippen LogP contribution in [0.25, 0.3) is 11.3 Å². The number of rotatable bonds is 3. The molecule has 0 saturated carbocycles. The van der Waals surface area contributed by atoms with Gasteiger partial charge in [0.2, 0.25) is 5.95 Å². The number of hydrogen-bond donors (Lipinski definition) is 1. The molecule has 21 heavy (non-hydrogen) atoms. The van der Waals surface area contributed by atoms with E-state index in [0.717, 1.165) is 35.9 Å². The summed E-state index contributed by atoms with van der Waals surface area (Å²) >= 11 is 0. The summed E-state index contributed by atoms with van der Waals surface area (Å²) in [6, 6.07) is 10.2. The zero-order chi connectivity index (χ0) is 14.5. The molecule has 1 aliphatic heterocycles. The van der Waals surface area contributed by atoms with Crippen LogP contribution in [0.4, 0.5) is 5.95 Å². The van der Waals surface area contributed by atoms with Gasteiger partial charge in [-0.25, -0.2) is 9.97 Å². The Morgan fingerprint density at radius 2 is 1.67 bits per heavy atom. The van der Waals surface area contributed by atoms with Crippen molar-refractivity contribution in [3.8, 4) is 11.3 Å². The van der Waals surface area contributed by atoms with Crippen molar-refractivity contribution in [3.05, 3.63) is 42.1 Å². The SMILES string of the molecule is NCc1ccc(-c2ccnc(N3CCCCCC3)n2)cc1. The molecule has 4 nitrogen and oxygen atoms in total. The lowest BCUT2D eigenvalue weighted by atomic mass is 10.1. The fraction of sp³-hybridized carbons (Fsp3) is 0.412. The summed E-state index contributed by atoms with van der Waals surface area (Å²) in [6.07, 6.45) is 6.96. The topological polar surface area (TPSA) is 55.0 Å². The maximum Gasteiger partial charge on any atom is 0.225 e. The summed E-state index contributed by atoms with van der Waals surface area (Å²) < 4.78 is 0. The van der Waals surface area contributed by atoms with E-state index in [1.807, 2.05) is 12.3 Å². The highest BCUT2D eigenvalue weighted by Gasteiger charge is 2.13. The first kappa shape index (κ1) is 14.0. The molecule has 4 heteroatoms. The van der Waals surface area contributed by atoms with Crippen LogP contribution in [0.1, 0.15) is 31.2 Å². The van der Waals surface area contributed by atoms with Crippen molar-refractivity contribution in [2.75, 3.05) is 18.0 Å². The molecule has 1 aromatic carbocycles. The number of nitrogens with two attached hydrogens (primary N) is 1. The van der Waals surface area contributed by atoms with Gasteiger partial charge in [0.1, 0.15) is 0 Å². The maximum absolute atomic E-state index is 5.64. The van der Waals surface area contributed by atoms with E-state index < -0.39 is 0 Å². The molecule has 110 valence electrons. The summed E-state index contributed by atoms with van der Waals surface area (Å²) in [7, 11) is 0. The van der Waals surface area contributed by atoms with E-state index in [4.69, 9.17) is 10.7 Å². The minimum Gasteiger partial charge on any atom is -0.341 e. The second kappa shape index (κ2) is 6.68. The maximum atomic E-state index is 5.64. The Labute approximate surface area is 126 Å². The second-order valence-electron chi connectivity index (χ2n) is 5.54. The molecule has 0 bridgehead atoms. The van der Waals surface area contributed by atoms with E-state index >= 15 is 0 Å². The molecule has 2 aromatic rings. The van der Waals surface area contributed by atoms with Crippen LogP contribution < -0.4 is 10.6 Å². The summed E-state index contributed by atoms with van der Waals surface area (Å²) in [4.78, 5) is 11.5. The molecule has 1 saturated heterocycles. The van der Waals surface area contributed by atoms with Crippen LogP contribution in [-0.4, -0.2) is 23.1 Å². The highest BCUT2D eigenvalue weighted by Crippen LogP contribution is 2.21. The Bertz CT molecular complexity index is 572. The molecule has 0 aliphatic carbocycles. The molecule has 0 unspecified atom stereocenters. The first-order chi connectivity index (χ1) is 10.4. The second-order valence-corrected chi connectivity index (χ2v) is 5.54. The lowest BCUT2D eigenvalue weighted by Crippen LogP contribution is -2.26. The zero-order valence-corrected chi connectivity index (χ0v) is 12.3. The highest BCUT2D eigenvalue weighted by molar-refractivity contribution is 5.60. The van der Waals surface area contributed by atoms with Crippen LogP contribution in [0.5, 0.6) is 0 Å². The molecular formula is C17H22N4. The van der Waals surface area contributed by atoms with Gasteiger partial charge < -0.3 is 10.6 Å². The van der Waals surface area contributed by atoms with Crippen molar-refractivity contribution in [2.24, 2.45) is 5.73 Å². The monoisotopic (exact) mass is 282 g/mol. The first-order valence-electron chi connectivity index (χ1n) is 7.74. The minimum absolute atomic E-state index is 0.573. The molecule has 0 radical (unpaired) electrons. The quantitative estimate of drug-likeness (QED) is 0.940. The van der Waals surface area contributed by atoms with Gasteiger partial charge in [0, 0.05) is 31.4 Å². The van der Waals surface area contributed by atoms with Gasteiger partial charge in [-0.15, -0.1) is 0 Å². The summed E-state index contributed by atoms with van der Waals surface area (Å²) in [5.74, 6) is 0.859. The average Bonchev–Trinajstić information content (AvgIpc) is 2.84. The zero-order valence-electron chi connectivity index (χ0n) is 12.3. The third-order valence-electron chi connectivity index (χ3n) is 4.02. The van der Waals surface area contributed by atoms with Crippen LogP contribution in [0.3, 0.4) is 0 Å². The van der Waals surface area contributed by atoms with Gasteiger partial charge in [0.25, 0.3) is 0 Å².